The Morgan fingerprint density at radius 2 is 2.07 bits per heavy atom. The number of anilines is 1. The molecule has 0 fully saturated rings. The number of benzene rings is 1. The van der Waals surface area contributed by atoms with Crippen LogP contribution in [0.1, 0.15) is 51.8 Å². The van der Waals surface area contributed by atoms with Crippen molar-refractivity contribution >= 4 is 11.6 Å². The van der Waals surface area contributed by atoms with Crippen molar-refractivity contribution in [2.24, 2.45) is 0 Å². The van der Waals surface area contributed by atoms with Crippen LogP contribution < -0.4 is 11.1 Å². The first-order valence-corrected chi connectivity index (χ1v) is 9.34. The number of amides is 1. The van der Waals surface area contributed by atoms with Gasteiger partial charge in [0, 0.05) is 23.3 Å². The van der Waals surface area contributed by atoms with Crippen molar-refractivity contribution in [2.75, 3.05) is 5.73 Å². The summed E-state index contributed by atoms with van der Waals surface area (Å²) in [6.45, 7) is 3.96. The van der Waals surface area contributed by atoms with Gasteiger partial charge < -0.3 is 15.6 Å². The molecule has 2 aromatic heterocycles. The molecule has 3 aromatic rings. The highest BCUT2D eigenvalue weighted by molar-refractivity contribution is 5.96. The van der Waals surface area contributed by atoms with Crippen molar-refractivity contribution in [3.63, 3.8) is 0 Å². The molecule has 1 amide bonds. The highest BCUT2D eigenvalue weighted by atomic mass is 16.1. The van der Waals surface area contributed by atoms with Crippen LogP contribution in [0.25, 0.3) is 5.82 Å². The Bertz CT molecular complexity index is 991. The number of fused-ring (bicyclic) bond motifs is 1. The Balaban J connectivity index is 1.62. The molecule has 1 aliphatic rings. The molecule has 5 heteroatoms. The third-order valence-electron chi connectivity index (χ3n) is 5.34. The van der Waals surface area contributed by atoms with Crippen LogP contribution in [0, 0.1) is 13.8 Å². The number of hydrogen-bond donors (Lipinski definition) is 2. The van der Waals surface area contributed by atoms with Crippen molar-refractivity contribution < 1.29 is 4.79 Å². The average molecular weight is 360 g/mol. The Labute approximate surface area is 159 Å². The second-order valence-corrected chi connectivity index (χ2v) is 7.18. The van der Waals surface area contributed by atoms with Crippen LogP contribution in [0.3, 0.4) is 0 Å². The Hall–Kier alpha value is -3.08. The molecule has 4 rings (SSSR count). The minimum atomic E-state index is -0.0417. The van der Waals surface area contributed by atoms with E-state index in [4.69, 9.17) is 5.73 Å². The smallest absolute Gasteiger partial charge is 0.253 e. The highest BCUT2D eigenvalue weighted by Gasteiger charge is 2.24. The molecule has 2 heterocycles. The fourth-order valence-electron chi connectivity index (χ4n) is 4.05. The predicted octanol–water partition coefficient (Wildman–Crippen LogP) is 3.88. The van der Waals surface area contributed by atoms with Crippen molar-refractivity contribution in [2.45, 2.75) is 39.2 Å². The molecule has 0 saturated carbocycles. The standard InChI is InChI=1S/C22H24N4O/c1-14-12-19(15(2)26(14)21-8-3-4-11-24-21)22(27)25-20-7-5-6-16-13-17(23)9-10-18(16)20/h3-4,8-13,20H,5-7,23H2,1-2H3,(H,25,27). The van der Waals surface area contributed by atoms with Gasteiger partial charge in [0.1, 0.15) is 5.82 Å². The highest BCUT2D eigenvalue weighted by Crippen LogP contribution is 2.31. The molecular formula is C22H24N4O. The van der Waals surface area contributed by atoms with E-state index in [0.29, 0.717) is 5.56 Å². The third kappa shape index (κ3) is 3.21. The summed E-state index contributed by atoms with van der Waals surface area (Å²) in [6.07, 6.45) is 4.77. The summed E-state index contributed by atoms with van der Waals surface area (Å²) in [7, 11) is 0. The average Bonchev–Trinajstić information content (AvgIpc) is 2.96. The molecule has 1 unspecified atom stereocenters. The van der Waals surface area contributed by atoms with E-state index in [0.717, 1.165) is 42.2 Å². The zero-order chi connectivity index (χ0) is 19.0. The van der Waals surface area contributed by atoms with Crippen LogP contribution in [-0.2, 0) is 6.42 Å². The lowest BCUT2D eigenvalue weighted by Gasteiger charge is -2.26. The molecule has 27 heavy (non-hydrogen) atoms. The maximum absolute atomic E-state index is 13.0. The monoisotopic (exact) mass is 360 g/mol. The number of hydrogen-bond acceptors (Lipinski definition) is 3. The summed E-state index contributed by atoms with van der Waals surface area (Å²) in [5, 5.41) is 3.23. The second-order valence-electron chi connectivity index (χ2n) is 7.18. The van der Waals surface area contributed by atoms with Gasteiger partial charge in [0.05, 0.1) is 11.6 Å². The fourth-order valence-corrected chi connectivity index (χ4v) is 4.05. The largest absolute Gasteiger partial charge is 0.399 e. The topological polar surface area (TPSA) is 72.9 Å². The van der Waals surface area contributed by atoms with Gasteiger partial charge in [-0.1, -0.05) is 12.1 Å². The number of nitrogens with two attached hydrogens (primary N) is 1. The lowest BCUT2D eigenvalue weighted by Crippen LogP contribution is -2.31. The van der Waals surface area contributed by atoms with E-state index in [-0.39, 0.29) is 11.9 Å². The number of carbonyl (C=O) groups is 1. The van der Waals surface area contributed by atoms with Gasteiger partial charge in [-0.15, -0.1) is 0 Å². The Kier molecular flexibility index (Phi) is 4.44. The number of nitrogen functional groups attached to an aromatic ring is 1. The Morgan fingerprint density at radius 1 is 1.22 bits per heavy atom. The van der Waals surface area contributed by atoms with Crippen molar-refractivity contribution in [3.8, 4) is 5.82 Å². The molecule has 138 valence electrons. The number of carbonyl (C=O) groups excluding carboxylic acids is 1. The normalized spacial score (nSPS) is 16.0. The minimum Gasteiger partial charge on any atom is -0.399 e. The molecular weight excluding hydrogens is 336 g/mol. The van der Waals surface area contributed by atoms with Gasteiger partial charge in [0.25, 0.3) is 5.91 Å². The summed E-state index contributed by atoms with van der Waals surface area (Å²) in [6, 6.07) is 13.7. The number of rotatable bonds is 3. The molecule has 0 bridgehead atoms. The van der Waals surface area contributed by atoms with Crippen LogP contribution in [0.4, 0.5) is 5.69 Å². The first kappa shape index (κ1) is 17.3. The summed E-state index contributed by atoms with van der Waals surface area (Å²) in [5.74, 6) is 0.782. The van der Waals surface area contributed by atoms with Gasteiger partial charge >= 0.3 is 0 Å². The van der Waals surface area contributed by atoms with Crippen LogP contribution >= 0.6 is 0 Å². The summed E-state index contributed by atoms with van der Waals surface area (Å²) < 4.78 is 2.02. The van der Waals surface area contributed by atoms with Crippen LogP contribution in [0.2, 0.25) is 0 Å². The number of pyridine rings is 1. The zero-order valence-electron chi connectivity index (χ0n) is 15.7. The first-order chi connectivity index (χ1) is 13.0. The number of nitrogens with one attached hydrogen (secondary N) is 1. The van der Waals surface area contributed by atoms with E-state index in [9.17, 15) is 4.79 Å². The van der Waals surface area contributed by atoms with Crippen LogP contribution in [0.5, 0.6) is 0 Å². The van der Waals surface area contributed by atoms with E-state index in [1.165, 1.54) is 11.1 Å². The molecule has 5 nitrogen and oxygen atoms in total. The van der Waals surface area contributed by atoms with E-state index < -0.39 is 0 Å². The SMILES string of the molecule is Cc1cc(C(=O)NC2CCCc3cc(N)ccc32)c(C)n1-c1ccccn1. The van der Waals surface area contributed by atoms with Crippen molar-refractivity contribution in [1.29, 1.82) is 0 Å². The van der Waals surface area contributed by atoms with Gasteiger partial charge in [-0.25, -0.2) is 4.98 Å². The number of aryl methyl sites for hydroxylation is 2. The van der Waals surface area contributed by atoms with Crippen LogP contribution in [-0.4, -0.2) is 15.5 Å². The molecule has 0 radical (unpaired) electrons. The van der Waals surface area contributed by atoms with Gasteiger partial charge in [-0.2, -0.15) is 0 Å². The summed E-state index contributed by atoms with van der Waals surface area (Å²) >= 11 is 0. The Morgan fingerprint density at radius 3 is 2.85 bits per heavy atom. The van der Waals surface area contributed by atoms with Gasteiger partial charge in [0.15, 0.2) is 0 Å². The van der Waals surface area contributed by atoms with Gasteiger partial charge in [-0.3, -0.25) is 4.79 Å². The molecule has 1 aliphatic carbocycles. The minimum absolute atomic E-state index is 0.0276. The quantitative estimate of drug-likeness (QED) is 0.696. The maximum Gasteiger partial charge on any atom is 0.253 e. The molecule has 3 N–H and O–H groups in total. The molecule has 1 aromatic carbocycles. The van der Waals surface area contributed by atoms with Gasteiger partial charge in [-0.05, 0) is 74.6 Å². The molecule has 0 spiro atoms. The molecule has 0 aliphatic heterocycles. The van der Waals surface area contributed by atoms with E-state index in [1.807, 2.05) is 60.9 Å². The van der Waals surface area contributed by atoms with Gasteiger partial charge in [0.2, 0.25) is 0 Å². The summed E-state index contributed by atoms with van der Waals surface area (Å²) in [5.41, 5.74) is 11.7. The van der Waals surface area contributed by atoms with E-state index >= 15 is 0 Å². The van der Waals surface area contributed by atoms with Crippen molar-refractivity contribution in [1.82, 2.24) is 14.9 Å². The number of aromatic nitrogens is 2. The lowest BCUT2D eigenvalue weighted by atomic mass is 9.87. The van der Waals surface area contributed by atoms with E-state index in [2.05, 4.69) is 10.3 Å². The fraction of sp³-hybridized carbons (Fsp3) is 0.273. The lowest BCUT2D eigenvalue weighted by molar-refractivity contribution is 0.0932. The van der Waals surface area contributed by atoms with Crippen molar-refractivity contribution in [3.05, 3.63) is 76.7 Å². The summed E-state index contributed by atoms with van der Waals surface area (Å²) in [4.78, 5) is 17.5. The maximum atomic E-state index is 13.0. The third-order valence-corrected chi connectivity index (χ3v) is 5.34. The van der Waals surface area contributed by atoms with Crippen LogP contribution in [0.15, 0.2) is 48.7 Å². The second kappa shape index (κ2) is 6.91. The zero-order valence-corrected chi connectivity index (χ0v) is 15.7. The first-order valence-electron chi connectivity index (χ1n) is 9.34. The molecule has 0 saturated heterocycles. The van der Waals surface area contributed by atoms with E-state index in [1.54, 1.807) is 6.20 Å². The predicted molar refractivity (Wildman–Crippen MR) is 107 cm³/mol. The number of nitrogens with zero attached hydrogens (tertiary/aromatic N) is 2. The molecule has 1 atom stereocenters.